The highest BCUT2D eigenvalue weighted by atomic mass is 16.5. The van der Waals surface area contributed by atoms with Gasteiger partial charge >= 0.3 is 5.97 Å². The Morgan fingerprint density at radius 2 is 1.84 bits per heavy atom. The molecule has 7 nitrogen and oxygen atoms in total. The molecule has 0 spiro atoms. The van der Waals surface area contributed by atoms with Crippen LogP contribution >= 0.6 is 0 Å². The maximum atomic E-state index is 11.6. The van der Waals surface area contributed by atoms with E-state index in [-0.39, 0.29) is 23.7 Å². The molecule has 25 heavy (non-hydrogen) atoms. The van der Waals surface area contributed by atoms with Gasteiger partial charge in [-0.05, 0) is 25.1 Å². The summed E-state index contributed by atoms with van der Waals surface area (Å²) in [6.07, 6.45) is -0.629. The SMILES string of the molecule is CC(=O)c1ccc(OCc2ccccc2NC(=O)CC(=O)O)cc1O. The minimum atomic E-state index is -1.22. The number of hydrogen-bond acceptors (Lipinski definition) is 5. The Bertz CT molecular complexity index is 815. The molecule has 0 atom stereocenters. The van der Waals surface area contributed by atoms with Crippen LogP contribution in [0.25, 0.3) is 0 Å². The number of anilines is 1. The first-order valence-corrected chi connectivity index (χ1v) is 7.43. The van der Waals surface area contributed by atoms with Gasteiger partial charge in [0.2, 0.25) is 5.91 Å². The molecule has 0 aliphatic heterocycles. The van der Waals surface area contributed by atoms with Crippen molar-refractivity contribution in [2.45, 2.75) is 20.0 Å². The molecule has 0 bridgehead atoms. The summed E-state index contributed by atoms with van der Waals surface area (Å²) in [4.78, 5) is 33.5. The highest BCUT2D eigenvalue weighted by molar-refractivity contribution is 6.01. The van der Waals surface area contributed by atoms with Crippen molar-refractivity contribution in [3.8, 4) is 11.5 Å². The predicted molar refractivity (Wildman–Crippen MR) is 89.8 cm³/mol. The zero-order valence-corrected chi connectivity index (χ0v) is 13.5. The van der Waals surface area contributed by atoms with Gasteiger partial charge in [0.15, 0.2) is 5.78 Å². The smallest absolute Gasteiger partial charge is 0.312 e. The van der Waals surface area contributed by atoms with Crippen molar-refractivity contribution in [3.05, 3.63) is 53.6 Å². The molecule has 0 aliphatic rings. The van der Waals surface area contributed by atoms with Crippen molar-refractivity contribution in [3.63, 3.8) is 0 Å². The van der Waals surface area contributed by atoms with Gasteiger partial charge in [-0.15, -0.1) is 0 Å². The van der Waals surface area contributed by atoms with Gasteiger partial charge in [-0.25, -0.2) is 0 Å². The van der Waals surface area contributed by atoms with E-state index in [9.17, 15) is 19.5 Å². The van der Waals surface area contributed by atoms with Gasteiger partial charge in [-0.2, -0.15) is 0 Å². The Kier molecular flexibility index (Phi) is 5.73. The lowest BCUT2D eigenvalue weighted by Crippen LogP contribution is -2.17. The molecule has 1 amide bonds. The molecule has 0 unspecified atom stereocenters. The third-order valence-corrected chi connectivity index (χ3v) is 3.35. The number of carbonyl (C=O) groups is 3. The van der Waals surface area contributed by atoms with Crippen LogP contribution in [0.2, 0.25) is 0 Å². The van der Waals surface area contributed by atoms with Crippen molar-refractivity contribution in [2.75, 3.05) is 5.32 Å². The summed E-state index contributed by atoms with van der Waals surface area (Å²) >= 11 is 0. The molecular weight excluding hydrogens is 326 g/mol. The highest BCUT2D eigenvalue weighted by Gasteiger charge is 2.11. The number of aliphatic carboxylic acids is 1. The van der Waals surface area contributed by atoms with Gasteiger partial charge in [0.25, 0.3) is 0 Å². The fraction of sp³-hybridized carbons (Fsp3) is 0.167. The first-order valence-electron chi connectivity index (χ1n) is 7.43. The summed E-state index contributed by atoms with van der Waals surface area (Å²) in [6.45, 7) is 1.44. The van der Waals surface area contributed by atoms with Gasteiger partial charge < -0.3 is 20.3 Å². The minimum Gasteiger partial charge on any atom is -0.507 e. The van der Waals surface area contributed by atoms with E-state index in [0.717, 1.165) is 0 Å². The highest BCUT2D eigenvalue weighted by Crippen LogP contribution is 2.25. The average Bonchev–Trinajstić information content (AvgIpc) is 2.53. The fourth-order valence-electron chi connectivity index (χ4n) is 2.16. The van der Waals surface area contributed by atoms with Gasteiger partial charge in [0.05, 0.1) is 5.56 Å². The first-order chi connectivity index (χ1) is 11.9. The number of ether oxygens (including phenoxy) is 1. The van der Waals surface area contributed by atoms with Crippen molar-refractivity contribution in [1.82, 2.24) is 0 Å². The Morgan fingerprint density at radius 1 is 1.12 bits per heavy atom. The van der Waals surface area contributed by atoms with E-state index in [4.69, 9.17) is 9.84 Å². The number of carboxylic acids is 1. The number of ketones is 1. The molecule has 0 radical (unpaired) electrons. The number of amides is 1. The number of nitrogens with one attached hydrogen (secondary N) is 1. The molecule has 2 aromatic carbocycles. The minimum absolute atomic E-state index is 0.0857. The third-order valence-electron chi connectivity index (χ3n) is 3.35. The molecule has 0 heterocycles. The normalized spacial score (nSPS) is 10.1. The standard InChI is InChI=1S/C18H17NO6/c1-11(20)14-7-6-13(8-16(14)21)25-10-12-4-2-3-5-15(12)19-17(22)9-18(23)24/h2-8,21H,9-10H2,1H3,(H,19,22)(H,23,24). The number of Topliss-reactive ketones (excluding diaryl/α,β-unsaturated/α-hetero) is 1. The second kappa shape index (κ2) is 7.96. The average molecular weight is 343 g/mol. The second-order valence-electron chi connectivity index (χ2n) is 5.30. The molecule has 0 fully saturated rings. The Hall–Kier alpha value is -3.35. The van der Waals surface area contributed by atoms with E-state index < -0.39 is 18.3 Å². The number of rotatable bonds is 7. The van der Waals surface area contributed by atoms with Crippen molar-refractivity contribution in [1.29, 1.82) is 0 Å². The topological polar surface area (TPSA) is 113 Å². The Morgan fingerprint density at radius 3 is 2.48 bits per heavy atom. The molecule has 0 aliphatic carbocycles. The van der Waals surface area contributed by atoms with E-state index in [1.807, 2.05) is 0 Å². The van der Waals surface area contributed by atoms with Crippen molar-refractivity contribution >= 4 is 23.3 Å². The third kappa shape index (κ3) is 5.07. The largest absolute Gasteiger partial charge is 0.507 e. The lowest BCUT2D eigenvalue weighted by Gasteiger charge is -2.12. The summed E-state index contributed by atoms with van der Waals surface area (Å²) in [7, 11) is 0. The fourth-order valence-corrected chi connectivity index (χ4v) is 2.16. The van der Waals surface area contributed by atoms with Crippen LogP contribution in [0.15, 0.2) is 42.5 Å². The molecule has 2 aromatic rings. The molecule has 7 heteroatoms. The van der Waals surface area contributed by atoms with Gasteiger partial charge in [-0.1, -0.05) is 18.2 Å². The lowest BCUT2D eigenvalue weighted by atomic mass is 10.1. The van der Waals surface area contributed by atoms with Crippen LogP contribution in [0.4, 0.5) is 5.69 Å². The van der Waals surface area contributed by atoms with Crippen LogP contribution in [-0.2, 0) is 16.2 Å². The van der Waals surface area contributed by atoms with Crippen LogP contribution in [0.5, 0.6) is 11.5 Å². The molecule has 0 aromatic heterocycles. The molecule has 0 saturated heterocycles. The first kappa shape index (κ1) is 18.0. The zero-order valence-electron chi connectivity index (χ0n) is 13.5. The van der Waals surface area contributed by atoms with E-state index >= 15 is 0 Å². The Balaban J connectivity index is 2.08. The van der Waals surface area contributed by atoms with Crippen molar-refractivity contribution in [2.24, 2.45) is 0 Å². The maximum Gasteiger partial charge on any atom is 0.312 e. The van der Waals surface area contributed by atoms with Crippen LogP contribution in [-0.4, -0.2) is 27.9 Å². The Labute approximate surface area is 143 Å². The zero-order chi connectivity index (χ0) is 18.4. The van der Waals surface area contributed by atoms with E-state index in [1.165, 1.54) is 19.1 Å². The number of para-hydroxylation sites is 1. The van der Waals surface area contributed by atoms with E-state index in [0.29, 0.717) is 17.0 Å². The van der Waals surface area contributed by atoms with Crippen LogP contribution < -0.4 is 10.1 Å². The number of hydrogen-bond donors (Lipinski definition) is 3. The number of phenolic OH excluding ortho intramolecular Hbond substituents is 1. The molecular formula is C18H17NO6. The molecule has 0 saturated carbocycles. The van der Waals surface area contributed by atoms with Crippen LogP contribution in [0.1, 0.15) is 29.3 Å². The van der Waals surface area contributed by atoms with Crippen LogP contribution in [0, 0.1) is 0 Å². The van der Waals surface area contributed by atoms with Crippen molar-refractivity contribution < 1.29 is 29.3 Å². The summed E-state index contributed by atoms with van der Waals surface area (Å²) in [5.74, 6) is -1.92. The lowest BCUT2D eigenvalue weighted by molar-refractivity contribution is -0.139. The predicted octanol–water partition coefficient (Wildman–Crippen LogP) is 2.59. The maximum absolute atomic E-state index is 11.6. The number of phenols is 1. The summed E-state index contributed by atoms with van der Waals surface area (Å²) in [6, 6.07) is 11.2. The van der Waals surface area contributed by atoms with E-state index in [2.05, 4.69) is 5.32 Å². The molecule has 130 valence electrons. The van der Waals surface area contributed by atoms with Gasteiger partial charge in [0.1, 0.15) is 24.5 Å². The second-order valence-corrected chi connectivity index (χ2v) is 5.30. The molecule has 2 rings (SSSR count). The molecule has 3 N–H and O–H groups in total. The number of aromatic hydroxyl groups is 1. The summed E-state index contributed by atoms with van der Waals surface area (Å²) in [5, 5.41) is 21.0. The number of benzene rings is 2. The quantitative estimate of drug-likeness (QED) is 0.526. The summed E-state index contributed by atoms with van der Waals surface area (Å²) in [5.41, 5.74) is 1.28. The summed E-state index contributed by atoms with van der Waals surface area (Å²) < 4.78 is 5.57. The number of carbonyl (C=O) groups excluding carboxylic acids is 2. The van der Waals surface area contributed by atoms with Crippen LogP contribution in [0.3, 0.4) is 0 Å². The number of carboxylic acid groups (broad SMARTS) is 1. The van der Waals surface area contributed by atoms with Gasteiger partial charge in [0, 0.05) is 17.3 Å². The van der Waals surface area contributed by atoms with Gasteiger partial charge in [-0.3, -0.25) is 14.4 Å². The monoisotopic (exact) mass is 343 g/mol. The van der Waals surface area contributed by atoms with E-state index in [1.54, 1.807) is 30.3 Å².